The summed E-state index contributed by atoms with van der Waals surface area (Å²) < 4.78 is 0.553. The van der Waals surface area contributed by atoms with E-state index in [9.17, 15) is 0 Å². The van der Waals surface area contributed by atoms with Crippen LogP contribution in [-0.4, -0.2) is 16.5 Å². The van der Waals surface area contributed by atoms with E-state index in [0.29, 0.717) is 3.42 Å². The van der Waals surface area contributed by atoms with Gasteiger partial charge in [-0.1, -0.05) is 36.4 Å². The molecule has 0 aromatic rings. The fraction of sp³-hybridized carbons (Fsp3) is 1.00. The van der Waals surface area contributed by atoms with Crippen molar-refractivity contribution in [2.45, 2.75) is 23.7 Å². The molecule has 54 valence electrons. The zero-order chi connectivity index (χ0) is 6.91. The monoisotopic (exact) mass is 239 g/mol. The molecule has 1 aliphatic heterocycles. The molecule has 0 bridgehead atoms. The second-order valence-electron chi connectivity index (χ2n) is 3.12. The summed E-state index contributed by atoms with van der Waals surface area (Å²) in [6.45, 7) is 7.02. The van der Waals surface area contributed by atoms with Gasteiger partial charge in [-0.2, -0.15) is 0 Å². The number of hydrogen-bond donors (Lipinski definition) is 1. The Kier molecular flexibility index (Phi) is 2.37. The van der Waals surface area contributed by atoms with Gasteiger partial charge in [0.15, 0.2) is 0 Å². The topological polar surface area (TPSA) is 12.0 Å². The smallest absolute Gasteiger partial charge is 0.0381 e. The van der Waals surface area contributed by atoms with Crippen molar-refractivity contribution in [3.63, 3.8) is 0 Å². The van der Waals surface area contributed by atoms with Gasteiger partial charge in [0.1, 0.15) is 0 Å². The van der Waals surface area contributed by atoms with E-state index in [1.165, 1.54) is 19.5 Å². The molecule has 1 heterocycles. The number of nitrogens with one attached hydrogen (secondary N) is 1. The molecule has 2 heteroatoms. The molecule has 0 unspecified atom stereocenters. The SMILES string of the molecule is CC(C)[C@@]1(I)CCNC1. The minimum atomic E-state index is 0.553. The average molecular weight is 239 g/mol. The van der Waals surface area contributed by atoms with Gasteiger partial charge in [0, 0.05) is 9.97 Å². The molecule has 1 saturated heterocycles. The highest BCUT2D eigenvalue weighted by Gasteiger charge is 2.33. The molecule has 0 aromatic heterocycles. The van der Waals surface area contributed by atoms with E-state index in [1.807, 2.05) is 0 Å². The van der Waals surface area contributed by atoms with Crippen LogP contribution < -0.4 is 5.32 Å². The number of rotatable bonds is 1. The lowest BCUT2D eigenvalue weighted by molar-refractivity contribution is 0.490. The third-order valence-corrected chi connectivity index (χ3v) is 4.34. The second kappa shape index (κ2) is 2.74. The molecule has 0 spiro atoms. The Labute approximate surface area is 70.7 Å². The molecule has 1 atom stereocenters. The highest BCUT2D eigenvalue weighted by molar-refractivity contribution is 14.1. The highest BCUT2D eigenvalue weighted by Crippen LogP contribution is 2.33. The van der Waals surface area contributed by atoms with E-state index in [4.69, 9.17) is 0 Å². The van der Waals surface area contributed by atoms with Gasteiger partial charge >= 0.3 is 0 Å². The lowest BCUT2D eigenvalue weighted by atomic mass is 9.95. The Bertz CT molecular complexity index is 95.1. The molecule has 1 rings (SSSR count). The maximum Gasteiger partial charge on any atom is 0.0381 e. The third kappa shape index (κ3) is 1.58. The van der Waals surface area contributed by atoms with Crippen molar-refractivity contribution in [2.75, 3.05) is 13.1 Å². The predicted molar refractivity (Wildman–Crippen MR) is 49.1 cm³/mol. The largest absolute Gasteiger partial charge is 0.315 e. The Morgan fingerprint density at radius 1 is 1.56 bits per heavy atom. The predicted octanol–water partition coefficient (Wildman–Crippen LogP) is 1.81. The first-order valence-corrected chi connectivity index (χ1v) is 4.63. The van der Waals surface area contributed by atoms with Crippen LogP contribution in [0.2, 0.25) is 0 Å². The van der Waals surface area contributed by atoms with E-state index in [-0.39, 0.29) is 0 Å². The van der Waals surface area contributed by atoms with E-state index < -0.39 is 0 Å². The van der Waals surface area contributed by atoms with Crippen LogP contribution in [0, 0.1) is 5.92 Å². The second-order valence-corrected chi connectivity index (χ2v) is 5.26. The maximum atomic E-state index is 3.39. The maximum absolute atomic E-state index is 3.39. The standard InChI is InChI=1S/C7H14IN/c1-6(2)7(8)3-4-9-5-7/h6,9H,3-5H2,1-2H3/t7-/m1/s1. The summed E-state index contributed by atoms with van der Waals surface area (Å²) in [6.07, 6.45) is 1.34. The lowest BCUT2D eigenvalue weighted by Gasteiger charge is -2.24. The van der Waals surface area contributed by atoms with Crippen molar-refractivity contribution in [3.8, 4) is 0 Å². The number of halogens is 1. The van der Waals surface area contributed by atoms with Crippen LogP contribution in [0.1, 0.15) is 20.3 Å². The van der Waals surface area contributed by atoms with E-state index >= 15 is 0 Å². The van der Waals surface area contributed by atoms with Crippen LogP contribution in [0.25, 0.3) is 0 Å². The lowest BCUT2D eigenvalue weighted by Crippen LogP contribution is -2.29. The summed E-state index contributed by atoms with van der Waals surface area (Å²) in [7, 11) is 0. The minimum Gasteiger partial charge on any atom is -0.315 e. The van der Waals surface area contributed by atoms with Crippen LogP contribution in [0.3, 0.4) is 0 Å². The van der Waals surface area contributed by atoms with Crippen molar-refractivity contribution >= 4 is 22.6 Å². The summed E-state index contributed by atoms with van der Waals surface area (Å²) in [4.78, 5) is 0. The van der Waals surface area contributed by atoms with Gasteiger partial charge in [-0.25, -0.2) is 0 Å². The Hall–Kier alpha value is 0.690. The minimum absolute atomic E-state index is 0.553. The molecule has 0 aliphatic carbocycles. The van der Waals surface area contributed by atoms with Crippen molar-refractivity contribution < 1.29 is 0 Å². The first-order valence-electron chi connectivity index (χ1n) is 3.55. The molecule has 0 saturated carbocycles. The molecule has 0 radical (unpaired) electrons. The van der Waals surface area contributed by atoms with Crippen molar-refractivity contribution in [3.05, 3.63) is 0 Å². The zero-order valence-electron chi connectivity index (χ0n) is 6.08. The average Bonchev–Trinajstić information content (AvgIpc) is 2.16. The van der Waals surface area contributed by atoms with Crippen LogP contribution in [0.5, 0.6) is 0 Å². The molecule has 0 amide bonds. The third-order valence-electron chi connectivity index (χ3n) is 2.17. The van der Waals surface area contributed by atoms with Gasteiger partial charge in [0.05, 0.1) is 0 Å². The van der Waals surface area contributed by atoms with Crippen molar-refractivity contribution in [2.24, 2.45) is 5.92 Å². The first kappa shape index (κ1) is 7.79. The molecule has 1 fully saturated rings. The normalized spacial score (nSPS) is 36.0. The van der Waals surface area contributed by atoms with Gasteiger partial charge in [-0.05, 0) is 18.9 Å². The molecule has 1 N–H and O–H groups in total. The summed E-state index contributed by atoms with van der Waals surface area (Å²) >= 11 is 2.59. The van der Waals surface area contributed by atoms with Crippen LogP contribution >= 0.6 is 22.6 Å². The van der Waals surface area contributed by atoms with Crippen LogP contribution in [0.4, 0.5) is 0 Å². The molecule has 1 nitrogen and oxygen atoms in total. The van der Waals surface area contributed by atoms with Crippen molar-refractivity contribution in [1.82, 2.24) is 5.32 Å². The van der Waals surface area contributed by atoms with Crippen molar-refractivity contribution in [1.29, 1.82) is 0 Å². The van der Waals surface area contributed by atoms with E-state index in [2.05, 4.69) is 41.8 Å². The quantitative estimate of drug-likeness (QED) is 0.543. The van der Waals surface area contributed by atoms with Crippen LogP contribution in [0.15, 0.2) is 0 Å². The van der Waals surface area contributed by atoms with Gasteiger partial charge < -0.3 is 5.32 Å². The van der Waals surface area contributed by atoms with Gasteiger partial charge in [0.25, 0.3) is 0 Å². The zero-order valence-corrected chi connectivity index (χ0v) is 8.23. The molecular formula is C7H14IN. The first-order chi connectivity index (χ1) is 4.15. The summed E-state index contributed by atoms with van der Waals surface area (Å²) in [5.74, 6) is 0.813. The summed E-state index contributed by atoms with van der Waals surface area (Å²) in [5.41, 5.74) is 0. The number of alkyl halides is 1. The molecular weight excluding hydrogens is 225 g/mol. The Morgan fingerprint density at radius 3 is 2.44 bits per heavy atom. The summed E-state index contributed by atoms with van der Waals surface area (Å²) in [5, 5.41) is 3.39. The molecule has 9 heavy (non-hydrogen) atoms. The highest BCUT2D eigenvalue weighted by atomic mass is 127. The van der Waals surface area contributed by atoms with Gasteiger partial charge in [0.2, 0.25) is 0 Å². The van der Waals surface area contributed by atoms with E-state index in [0.717, 1.165) is 5.92 Å². The Balaban J connectivity index is 2.51. The summed E-state index contributed by atoms with van der Waals surface area (Å²) in [6, 6.07) is 0. The number of hydrogen-bond acceptors (Lipinski definition) is 1. The Morgan fingerprint density at radius 2 is 2.22 bits per heavy atom. The van der Waals surface area contributed by atoms with Gasteiger partial charge in [-0.15, -0.1) is 0 Å². The van der Waals surface area contributed by atoms with E-state index in [1.54, 1.807) is 0 Å². The van der Waals surface area contributed by atoms with Gasteiger partial charge in [-0.3, -0.25) is 0 Å². The molecule has 1 aliphatic rings. The fourth-order valence-corrected chi connectivity index (χ4v) is 1.71. The fourth-order valence-electron chi connectivity index (χ4n) is 1.17. The van der Waals surface area contributed by atoms with Crippen LogP contribution in [-0.2, 0) is 0 Å². The molecule has 0 aromatic carbocycles.